The van der Waals surface area contributed by atoms with Crippen LogP contribution >= 0.6 is 33.9 Å². The van der Waals surface area contributed by atoms with Gasteiger partial charge < -0.3 is 5.11 Å². The number of benzene rings is 1. The third kappa shape index (κ3) is 1.38. The zero-order valence-electron chi connectivity index (χ0n) is 6.41. The predicted octanol–water partition coefficient (Wildman–Crippen LogP) is 3.08. The van der Waals surface area contributed by atoms with E-state index in [0.717, 1.165) is 13.7 Å². The first kappa shape index (κ1) is 8.78. The summed E-state index contributed by atoms with van der Waals surface area (Å²) in [5, 5.41) is 20.6. The Labute approximate surface area is 92.6 Å². The maximum Gasteiger partial charge on any atom is 0.134 e. The Balaban J connectivity index is 2.90. The lowest BCUT2D eigenvalue weighted by Gasteiger charge is -1.95. The lowest BCUT2D eigenvalue weighted by atomic mass is 10.2. The third-order valence-corrected chi connectivity index (χ3v) is 3.97. The van der Waals surface area contributed by atoms with Gasteiger partial charge in [-0.3, -0.25) is 0 Å². The van der Waals surface area contributed by atoms with E-state index in [2.05, 4.69) is 28.7 Å². The van der Waals surface area contributed by atoms with Gasteiger partial charge in [0.25, 0.3) is 0 Å². The maximum absolute atomic E-state index is 9.45. The number of thiophene rings is 1. The molecule has 2 rings (SSSR count). The standard InChI is InChI=1S/C9H4INOS/c10-7-2-5(3-11)1-6-8(12)4-13-9(6)7/h1-2,4,12H. The first-order valence-corrected chi connectivity index (χ1v) is 5.48. The van der Waals surface area contributed by atoms with Crippen molar-refractivity contribution in [3.8, 4) is 11.8 Å². The monoisotopic (exact) mass is 301 g/mol. The molecule has 0 spiro atoms. The molecule has 0 saturated heterocycles. The molecular formula is C9H4INOS. The molecule has 1 aromatic heterocycles. The molecule has 0 bridgehead atoms. The molecule has 0 fully saturated rings. The van der Waals surface area contributed by atoms with E-state index in [1.165, 1.54) is 11.3 Å². The topological polar surface area (TPSA) is 44.0 Å². The summed E-state index contributed by atoms with van der Waals surface area (Å²) in [7, 11) is 0. The van der Waals surface area contributed by atoms with Crippen LogP contribution in [0.2, 0.25) is 0 Å². The van der Waals surface area contributed by atoms with Crippen molar-refractivity contribution >= 4 is 44.0 Å². The number of nitriles is 1. The molecule has 1 aromatic carbocycles. The summed E-state index contributed by atoms with van der Waals surface area (Å²) >= 11 is 3.66. The summed E-state index contributed by atoms with van der Waals surface area (Å²) in [6, 6.07) is 5.60. The molecule has 0 aliphatic carbocycles. The summed E-state index contributed by atoms with van der Waals surface area (Å²) in [5.74, 6) is 0.259. The Morgan fingerprint density at radius 2 is 2.23 bits per heavy atom. The largest absolute Gasteiger partial charge is 0.506 e. The summed E-state index contributed by atoms with van der Waals surface area (Å²) in [6.07, 6.45) is 0. The summed E-state index contributed by atoms with van der Waals surface area (Å²) in [5.41, 5.74) is 0.589. The average Bonchev–Trinajstić information content (AvgIpc) is 2.48. The number of halogens is 1. The van der Waals surface area contributed by atoms with E-state index in [4.69, 9.17) is 5.26 Å². The molecule has 4 heteroatoms. The molecule has 0 aliphatic heterocycles. The van der Waals surface area contributed by atoms with Crippen LogP contribution in [0.5, 0.6) is 5.75 Å². The van der Waals surface area contributed by atoms with Crippen molar-refractivity contribution in [1.82, 2.24) is 0 Å². The Hall–Kier alpha value is -0.800. The molecule has 0 saturated carbocycles. The van der Waals surface area contributed by atoms with Crippen molar-refractivity contribution < 1.29 is 5.11 Å². The fourth-order valence-corrected chi connectivity index (χ4v) is 2.97. The lowest BCUT2D eigenvalue weighted by Crippen LogP contribution is -1.77. The van der Waals surface area contributed by atoms with Crippen LogP contribution in [-0.2, 0) is 0 Å². The molecule has 64 valence electrons. The van der Waals surface area contributed by atoms with Crippen molar-refractivity contribution in [2.75, 3.05) is 0 Å². The number of hydrogen-bond donors (Lipinski definition) is 1. The van der Waals surface area contributed by atoms with Crippen LogP contribution < -0.4 is 0 Å². The summed E-state index contributed by atoms with van der Waals surface area (Å²) < 4.78 is 2.05. The van der Waals surface area contributed by atoms with Crippen molar-refractivity contribution in [3.63, 3.8) is 0 Å². The third-order valence-electron chi connectivity index (χ3n) is 1.74. The first-order chi connectivity index (χ1) is 6.22. The SMILES string of the molecule is N#Cc1cc(I)c2scc(O)c2c1. The Morgan fingerprint density at radius 3 is 2.92 bits per heavy atom. The van der Waals surface area contributed by atoms with Crippen LogP contribution in [0.25, 0.3) is 10.1 Å². The van der Waals surface area contributed by atoms with E-state index in [9.17, 15) is 5.11 Å². The highest BCUT2D eigenvalue weighted by Crippen LogP contribution is 2.34. The molecule has 0 aliphatic rings. The molecule has 0 amide bonds. The fraction of sp³-hybridized carbons (Fsp3) is 0. The number of hydrogen-bond acceptors (Lipinski definition) is 3. The maximum atomic E-state index is 9.45. The van der Waals surface area contributed by atoms with Crippen LogP contribution in [0.4, 0.5) is 0 Å². The number of rotatable bonds is 0. The van der Waals surface area contributed by atoms with Crippen molar-refractivity contribution in [2.24, 2.45) is 0 Å². The molecule has 0 radical (unpaired) electrons. The van der Waals surface area contributed by atoms with Crippen molar-refractivity contribution in [2.45, 2.75) is 0 Å². The number of fused-ring (bicyclic) bond motifs is 1. The van der Waals surface area contributed by atoms with Crippen LogP contribution in [0.3, 0.4) is 0 Å². The molecule has 2 nitrogen and oxygen atoms in total. The van der Waals surface area contributed by atoms with E-state index >= 15 is 0 Å². The molecule has 0 atom stereocenters. The smallest absolute Gasteiger partial charge is 0.134 e. The molecule has 0 unspecified atom stereocenters. The minimum atomic E-state index is 0.259. The van der Waals surface area contributed by atoms with E-state index in [-0.39, 0.29) is 5.75 Å². The molecule has 1 heterocycles. The van der Waals surface area contributed by atoms with Gasteiger partial charge in [0.05, 0.1) is 16.3 Å². The van der Waals surface area contributed by atoms with Gasteiger partial charge in [-0.05, 0) is 34.7 Å². The number of nitrogens with zero attached hydrogens (tertiary/aromatic N) is 1. The summed E-state index contributed by atoms with van der Waals surface area (Å²) in [4.78, 5) is 0. The number of aromatic hydroxyl groups is 1. The van der Waals surface area contributed by atoms with Gasteiger partial charge in [0.15, 0.2) is 0 Å². The second-order valence-electron chi connectivity index (χ2n) is 2.57. The van der Waals surface area contributed by atoms with E-state index in [1.54, 1.807) is 11.4 Å². The Morgan fingerprint density at radius 1 is 1.46 bits per heavy atom. The van der Waals surface area contributed by atoms with Gasteiger partial charge in [-0.2, -0.15) is 5.26 Å². The van der Waals surface area contributed by atoms with Gasteiger partial charge in [-0.25, -0.2) is 0 Å². The highest BCUT2D eigenvalue weighted by atomic mass is 127. The lowest BCUT2D eigenvalue weighted by molar-refractivity contribution is 0.483. The average molecular weight is 301 g/mol. The van der Waals surface area contributed by atoms with Gasteiger partial charge in [-0.15, -0.1) is 11.3 Å². The van der Waals surface area contributed by atoms with E-state index < -0.39 is 0 Å². The zero-order chi connectivity index (χ0) is 9.42. The highest BCUT2D eigenvalue weighted by molar-refractivity contribution is 14.1. The van der Waals surface area contributed by atoms with Gasteiger partial charge in [-0.1, -0.05) is 0 Å². The van der Waals surface area contributed by atoms with Crippen LogP contribution in [-0.4, -0.2) is 5.11 Å². The Kier molecular flexibility index (Phi) is 2.14. The van der Waals surface area contributed by atoms with Gasteiger partial charge in [0, 0.05) is 14.3 Å². The minimum Gasteiger partial charge on any atom is -0.506 e. The normalized spacial score (nSPS) is 10.2. The van der Waals surface area contributed by atoms with E-state index in [0.29, 0.717) is 5.56 Å². The summed E-state index contributed by atoms with van der Waals surface area (Å²) in [6.45, 7) is 0. The first-order valence-electron chi connectivity index (χ1n) is 3.52. The fourth-order valence-electron chi connectivity index (χ4n) is 1.15. The van der Waals surface area contributed by atoms with E-state index in [1.807, 2.05) is 6.07 Å². The molecular weight excluding hydrogens is 297 g/mol. The van der Waals surface area contributed by atoms with Crippen LogP contribution in [0.15, 0.2) is 17.5 Å². The van der Waals surface area contributed by atoms with Gasteiger partial charge in [0.2, 0.25) is 0 Å². The second-order valence-corrected chi connectivity index (χ2v) is 4.61. The van der Waals surface area contributed by atoms with Crippen LogP contribution in [0.1, 0.15) is 5.56 Å². The van der Waals surface area contributed by atoms with Crippen molar-refractivity contribution in [3.05, 3.63) is 26.6 Å². The minimum absolute atomic E-state index is 0.259. The second kappa shape index (κ2) is 3.16. The zero-order valence-corrected chi connectivity index (χ0v) is 9.39. The highest BCUT2D eigenvalue weighted by Gasteiger charge is 2.07. The molecule has 1 N–H and O–H groups in total. The molecule has 13 heavy (non-hydrogen) atoms. The quantitative estimate of drug-likeness (QED) is 0.760. The van der Waals surface area contributed by atoms with Crippen LogP contribution in [0, 0.1) is 14.9 Å². The van der Waals surface area contributed by atoms with Crippen molar-refractivity contribution in [1.29, 1.82) is 5.26 Å². The van der Waals surface area contributed by atoms with Gasteiger partial charge in [0.1, 0.15) is 5.75 Å². The Bertz CT molecular complexity index is 512. The molecule has 2 aromatic rings. The van der Waals surface area contributed by atoms with Gasteiger partial charge >= 0.3 is 0 Å². The predicted molar refractivity (Wildman–Crippen MR) is 60.9 cm³/mol.